The molecule has 0 radical (unpaired) electrons. The van der Waals surface area contributed by atoms with E-state index in [1.54, 1.807) is 0 Å². The Morgan fingerprint density at radius 1 is 1.15 bits per heavy atom. The summed E-state index contributed by atoms with van der Waals surface area (Å²) in [4.78, 5) is 12.1. The van der Waals surface area contributed by atoms with Crippen LogP contribution in [-0.2, 0) is 4.79 Å². The van der Waals surface area contributed by atoms with Crippen molar-refractivity contribution in [2.75, 3.05) is 13.2 Å². The van der Waals surface area contributed by atoms with Gasteiger partial charge in [-0.2, -0.15) is 0 Å². The number of aliphatic hydroxyl groups excluding tert-OH is 2. The predicted octanol–water partition coefficient (Wildman–Crippen LogP) is 5.53. The second kappa shape index (κ2) is 11.1. The molecular formula is C34H48O5. The zero-order chi connectivity index (χ0) is 28.6. The van der Waals surface area contributed by atoms with Crippen LogP contribution < -0.4 is 0 Å². The van der Waals surface area contributed by atoms with Crippen LogP contribution in [0.3, 0.4) is 0 Å². The van der Waals surface area contributed by atoms with Crippen molar-refractivity contribution in [2.24, 2.45) is 28.6 Å². The lowest BCUT2D eigenvalue weighted by molar-refractivity contribution is -0.263. The van der Waals surface area contributed by atoms with Crippen molar-refractivity contribution >= 4 is 6.29 Å². The predicted molar refractivity (Wildman–Crippen MR) is 156 cm³/mol. The maximum absolute atomic E-state index is 12.8. The molecule has 214 valence electrons. The Balaban J connectivity index is 1.76. The largest absolute Gasteiger partial charge is 0.396 e. The van der Waals surface area contributed by atoms with E-state index in [2.05, 4.69) is 38.7 Å². The summed E-state index contributed by atoms with van der Waals surface area (Å²) >= 11 is 0. The van der Waals surface area contributed by atoms with Gasteiger partial charge in [0.05, 0.1) is 17.8 Å². The van der Waals surface area contributed by atoms with Crippen molar-refractivity contribution in [3.05, 3.63) is 70.9 Å². The van der Waals surface area contributed by atoms with Gasteiger partial charge in [0, 0.05) is 29.8 Å². The highest BCUT2D eigenvalue weighted by Crippen LogP contribution is 2.76. The first-order chi connectivity index (χ1) is 18.4. The maximum atomic E-state index is 12.8. The molecular weight excluding hydrogens is 488 g/mol. The first-order valence-electron chi connectivity index (χ1n) is 14.6. The molecule has 0 aromatic heterocycles. The lowest BCUT2D eigenvalue weighted by Gasteiger charge is -2.70. The van der Waals surface area contributed by atoms with Crippen LogP contribution in [0.15, 0.2) is 70.9 Å². The fourth-order valence-corrected chi connectivity index (χ4v) is 9.06. The summed E-state index contributed by atoms with van der Waals surface area (Å²) in [6.07, 6.45) is 18.3. The Bertz CT molecular complexity index is 1130. The van der Waals surface area contributed by atoms with E-state index in [0.29, 0.717) is 44.1 Å². The smallest absolute Gasteiger partial charge is 0.145 e. The molecule has 3 saturated carbocycles. The van der Waals surface area contributed by atoms with E-state index >= 15 is 0 Å². The second-order valence-corrected chi connectivity index (χ2v) is 13.1. The van der Waals surface area contributed by atoms with Crippen molar-refractivity contribution in [1.29, 1.82) is 0 Å². The van der Waals surface area contributed by atoms with Crippen LogP contribution in [0, 0.1) is 28.6 Å². The van der Waals surface area contributed by atoms with Gasteiger partial charge in [0.25, 0.3) is 0 Å². The Morgan fingerprint density at radius 2 is 1.90 bits per heavy atom. The number of fused-ring (bicyclic) bond motifs is 1. The average Bonchev–Trinajstić information content (AvgIpc) is 3.20. The van der Waals surface area contributed by atoms with E-state index in [-0.39, 0.29) is 31.0 Å². The molecule has 0 saturated heterocycles. The van der Waals surface area contributed by atoms with E-state index in [1.807, 2.05) is 32.1 Å². The zero-order valence-electron chi connectivity index (χ0n) is 24.2. The molecule has 3 fully saturated rings. The first kappa shape index (κ1) is 29.9. The number of hydrogen-bond donors (Lipinski definition) is 4. The SMILES string of the molecule is C=C(/C=C/C=C(/CO)[C@@H]1CC[C@@]23[C@H]4/C(=C(/C)C=O)[C@H](C=C[C@]4(CCO)CC[C@@]12O)C[C@@]3(C)O)CCC=C(C)C. The number of carbonyl (C=O) groups is 1. The molecule has 0 aromatic carbocycles. The van der Waals surface area contributed by atoms with Crippen molar-refractivity contribution in [1.82, 2.24) is 0 Å². The molecule has 4 rings (SSSR count). The summed E-state index contributed by atoms with van der Waals surface area (Å²) in [6, 6.07) is 0. The van der Waals surface area contributed by atoms with Gasteiger partial charge in [-0.1, -0.05) is 59.8 Å². The van der Waals surface area contributed by atoms with Gasteiger partial charge in [0.15, 0.2) is 0 Å². The Kier molecular flexibility index (Phi) is 8.50. The maximum Gasteiger partial charge on any atom is 0.145 e. The van der Waals surface area contributed by atoms with Crippen molar-refractivity contribution in [3.8, 4) is 0 Å². The van der Waals surface area contributed by atoms with Crippen LogP contribution in [0.2, 0.25) is 0 Å². The standard InChI is InChI=1S/C34H48O5/c1-23(2)8-6-9-24(3)10-7-11-27(22-37)28-13-15-33-30-29(25(4)21-36)26(20-31(33,5)38)12-14-32(30,18-19-35)16-17-34(28,33)39/h7-8,10-12,14,21,26,28,30,35,37-39H,3,6,9,13,15-20,22H2,1-2,4-5H3/b10-7+,27-11-,29-25-/t26-,28+,30+,31-,32-,33+,34-/m1/s1. The van der Waals surface area contributed by atoms with Crippen LogP contribution in [0.5, 0.6) is 0 Å². The monoisotopic (exact) mass is 536 g/mol. The van der Waals surface area contributed by atoms with Gasteiger partial charge in [0.1, 0.15) is 6.29 Å². The number of allylic oxidation sites excluding steroid dienone is 10. The van der Waals surface area contributed by atoms with Gasteiger partial charge in [-0.15, -0.1) is 0 Å². The minimum Gasteiger partial charge on any atom is -0.396 e. The lowest BCUT2D eigenvalue weighted by Crippen LogP contribution is -2.72. The fourth-order valence-electron chi connectivity index (χ4n) is 9.06. The first-order valence-corrected chi connectivity index (χ1v) is 14.6. The number of hydrogen-bond acceptors (Lipinski definition) is 5. The third-order valence-electron chi connectivity index (χ3n) is 10.7. The second-order valence-electron chi connectivity index (χ2n) is 13.1. The van der Waals surface area contributed by atoms with E-state index in [4.69, 9.17) is 0 Å². The third kappa shape index (κ3) is 4.69. The summed E-state index contributed by atoms with van der Waals surface area (Å²) in [6.45, 7) is 11.9. The zero-order valence-corrected chi connectivity index (χ0v) is 24.2. The van der Waals surface area contributed by atoms with Gasteiger partial charge in [-0.25, -0.2) is 0 Å². The molecule has 5 nitrogen and oxygen atoms in total. The highest BCUT2D eigenvalue weighted by molar-refractivity contribution is 5.75. The number of carbonyl (C=O) groups excluding carboxylic acids is 1. The van der Waals surface area contributed by atoms with Gasteiger partial charge < -0.3 is 20.4 Å². The Morgan fingerprint density at radius 3 is 2.54 bits per heavy atom. The summed E-state index contributed by atoms with van der Waals surface area (Å²) in [5.74, 6) is -0.637. The minimum absolute atomic E-state index is 0.00307. The molecule has 0 aromatic rings. The number of rotatable bonds is 10. The molecule has 39 heavy (non-hydrogen) atoms. The molecule has 4 aliphatic rings. The van der Waals surface area contributed by atoms with E-state index in [1.165, 1.54) is 5.57 Å². The Labute approximate surface area is 234 Å². The molecule has 5 heteroatoms. The molecule has 0 heterocycles. The molecule has 0 amide bonds. The number of aliphatic hydroxyl groups is 4. The van der Waals surface area contributed by atoms with Crippen LogP contribution in [0.4, 0.5) is 0 Å². The molecule has 0 unspecified atom stereocenters. The molecule has 4 N–H and O–H groups in total. The topological polar surface area (TPSA) is 98.0 Å². The quantitative estimate of drug-likeness (QED) is 0.127. The van der Waals surface area contributed by atoms with Gasteiger partial charge in [0.2, 0.25) is 0 Å². The fraction of sp³-hybridized carbons (Fsp3) is 0.618. The van der Waals surface area contributed by atoms with E-state index in [9.17, 15) is 25.2 Å². The minimum atomic E-state index is -1.26. The van der Waals surface area contributed by atoms with Crippen molar-refractivity contribution in [3.63, 3.8) is 0 Å². The van der Waals surface area contributed by atoms with Crippen LogP contribution in [-0.4, -0.2) is 51.1 Å². The average molecular weight is 537 g/mol. The highest BCUT2D eigenvalue weighted by atomic mass is 16.3. The number of aldehydes is 1. The molecule has 4 aliphatic carbocycles. The molecule has 7 atom stereocenters. The normalized spacial score (nSPS) is 40.4. The van der Waals surface area contributed by atoms with Crippen LogP contribution in [0.25, 0.3) is 0 Å². The van der Waals surface area contributed by atoms with E-state index < -0.39 is 22.0 Å². The third-order valence-corrected chi connectivity index (χ3v) is 10.7. The summed E-state index contributed by atoms with van der Waals surface area (Å²) < 4.78 is 0. The van der Waals surface area contributed by atoms with Crippen LogP contribution in [0.1, 0.15) is 79.1 Å². The lowest BCUT2D eigenvalue weighted by atomic mass is 9.36. The molecule has 0 aliphatic heterocycles. The Hall–Kier alpha value is -2.05. The van der Waals surface area contributed by atoms with E-state index in [0.717, 1.165) is 35.8 Å². The molecule has 1 spiro atoms. The summed E-state index contributed by atoms with van der Waals surface area (Å²) in [7, 11) is 0. The highest BCUT2D eigenvalue weighted by Gasteiger charge is 2.77. The summed E-state index contributed by atoms with van der Waals surface area (Å²) in [5, 5.41) is 45.7. The van der Waals surface area contributed by atoms with Crippen molar-refractivity contribution < 1.29 is 25.2 Å². The van der Waals surface area contributed by atoms with Gasteiger partial charge in [-0.05, 0) is 95.6 Å². The van der Waals surface area contributed by atoms with Crippen LogP contribution >= 0.6 is 0 Å². The van der Waals surface area contributed by atoms with Gasteiger partial charge in [-0.3, -0.25) is 4.79 Å². The van der Waals surface area contributed by atoms with Gasteiger partial charge >= 0.3 is 0 Å². The molecule has 2 bridgehead atoms. The summed E-state index contributed by atoms with van der Waals surface area (Å²) in [5.41, 5.74) is 0.983. The van der Waals surface area contributed by atoms with Crippen molar-refractivity contribution in [2.45, 2.75) is 90.3 Å².